The molecule has 2 nitrogen and oxygen atoms in total. The Labute approximate surface area is 117 Å². The Bertz CT molecular complexity index is 378. The first kappa shape index (κ1) is 13.1. The SMILES string of the molecule is CN1CCC(CNC(c2ccccc2)C2CC2)CC1. The summed E-state index contributed by atoms with van der Waals surface area (Å²) in [5, 5.41) is 3.86. The summed E-state index contributed by atoms with van der Waals surface area (Å²) in [5.74, 6) is 1.76. The lowest BCUT2D eigenvalue weighted by Gasteiger charge is -2.30. The van der Waals surface area contributed by atoms with E-state index in [2.05, 4.69) is 47.6 Å². The van der Waals surface area contributed by atoms with Crippen molar-refractivity contribution in [2.24, 2.45) is 11.8 Å². The van der Waals surface area contributed by atoms with Gasteiger partial charge in [0.25, 0.3) is 0 Å². The van der Waals surface area contributed by atoms with Crippen molar-refractivity contribution in [3.05, 3.63) is 35.9 Å². The molecule has 1 N–H and O–H groups in total. The number of hydrogen-bond acceptors (Lipinski definition) is 2. The Morgan fingerprint density at radius 3 is 2.42 bits per heavy atom. The summed E-state index contributed by atoms with van der Waals surface area (Å²) < 4.78 is 0. The number of rotatable bonds is 5. The first-order valence-electron chi connectivity index (χ1n) is 7.80. The largest absolute Gasteiger partial charge is 0.309 e. The molecule has 0 amide bonds. The van der Waals surface area contributed by atoms with Gasteiger partial charge < -0.3 is 10.2 Å². The molecule has 1 aliphatic carbocycles. The van der Waals surface area contributed by atoms with Crippen LogP contribution in [-0.4, -0.2) is 31.6 Å². The van der Waals surface area contributed by atoms with Crippen LogP contribution in [0.5, 0.6) is 0 Å². The molecule has 1 saturated heterocycles. The summed E-state index contributed by atoms with van der Waals surface area (Å²) in [6.45, 7) is 3.74. The van der Waals surface area contributed by atoms with E-state index in [1.807, 2.05) is 0 Å². The number of nitrogens with zero attached hydrogens (tertiary/aromatic N) is 1. The molecule has 3 rings (SSSR count). The van der Waals surface area contributed by atoms with Gasteiger partial charge in [-0.1, -0.05) is 30.3 Å². The summed E-state index contributed by atoms with van der Waals surface area (Å²) in [6, 6.07) is 11.6. The quantitative estimate of drug-likeness (QED) is 0.873. The first-order chi connectivity index (χ1) is 9.33. The molecule has 2 heteroatoms. The van der Waals surface area contributed by atoms with E-state index in [-0.39, 0.29) is 0 Å². The third kappa shape index (κ3) is 3.58. The number of piperidine rings is 1. The van der Waals surface area contributed by atoms with Gasteiger partial charge in [0.2, 0.25) is 0 Å². The zero-order chi connectivity index (χ0) is 13.1. The predicted molar refractivity (Wildman–Crippen MR) is 80.1 cm³/mol. The van der Waals surface area contributed by atoms with Gasteiger partial charge in [0.15, 0.2) is 0 Å². The minimum Gasteiger partial charge on any atom is -0.309 e. The van der Waals surface area contributed by atoms with Crippen molar-refractivity contribution in [2.75, 3.05) is 26.7 Å². The first-order valence-corrected chi connectivity index (χ1v) is 7.80. The van der Waals surface area contributed by atoms with Crippen molar-refractivity contribution in [1.29, 1.82) is 0 Å². The molecule has 104 valence electrons. The average Bonchev–Trinajstić information content (AvgIpc) is 3.27. The fraction of sp³-hybridized carbons (Fsp3) is 0.647. The van der Waals surface area contributed by atoms with E-state index in [0.717, 1.165) is 11.8 Å². The minimum atomic E-state index is 0.598. The Morgan fingerprint density at radius 1 is 1.11 bits per heavy atom. The molecule has 0 aromatic heterocycles. The molecule has 1 unspecified atom stereocenters. The summed E-state index contributed by atoms with van der Waals surface area (Å²) in [7, 11) is 2.24. The lowest BCUT2D eigenvalue weighted by molar-refractivity contribution is 0.211. The van der Waals surface area contributed by atoms with Gasteiger partial charge in [-0.25, -0.2) is 0 Å². The zero-order valence-electron chi connectivity index (χ0n) is 12.0. The second-order valence-corrected chi connectivity index (χ2v) is 6.38. The van der Waals surface area contributed by atoms with Crippen LogP contribution in [0.3, 0.4) is 0 Å². The third-order valence-corrected chi connectivity index (χ3v) is 4.72. The maximum atomic E-state index is 3.86. The average molecular weight is 258 g/mol. The molecule has 19 heavy (non-hydrogen) atoms. The van der Waals surface area contributed by atoms with Crippen molar-refractivity contribution in [2.45, 2.75) is 31.7 Å². The predicted octanol–water partition coefficient (Wildman–Crippen LogP) is 3.07. The van der Waals surface area contributed by atoms with Gasteiger partial charge in [0.05, 0.1) is 0 Å². The number of benzene rings is 1. The topological polar surface area (TPSA) is 15.3 Å². The third-order valence-electron chi connectivity index (χ3n) is 4.72. The second kappa shape index (κ2) is 6.06. The summed E-state index contributed by atoms with van der Waals surface area (Å²) in [4.78, 5) is 2.45. The smallest absolute Gasteiger partial charge is 0.0348 e. The summed E-state index contributed by atoms with van der Waals surface area (Å²) >= 11 is 0. The fourth-order valence-electron chi connectivity index (χ4n) is 3.21. The van der Waals surface area contributed by atoms with Gasteiger partial charge in [0.1, 0.15) is 0 Å². The van der Waals surface area contributed by atoms with E-state index in [9.17, 15) is 0 Å². The van der Waals surface area contributed by atoms with Crippen molar-refractivity contribution in [3.8, 4) is 0 Å². The molecule has 1 aliphatic heterocycles. The van der Waals surface area contributed by atoms with Gasteiger partial charge in [0, 0.05) is 6.04 Å². The van der Waals surface area contributed by atoms with Crippen molar-refractivity contribution in [1.82, 2.24) is 10.2 Å². The molecule has 2 aliphatic rings. The standard InChI is InChI=1S/C17H26N2/c1-19-11-9-14(10-12-19)13-18-17(16-7-8-16)15-5-3-2-4-6-15/h2-6,14,16-18H,7-13H2,1H3. The van der Waals surface area contributed by atoms with Gasteiger partial charge in [-0.15, -0.1) is 0 Å². The zero-order valence-corrected chi connectivity index (χ0v) is 12.0. The van der Waals surface area contributed by atoms with Gasteiger partial charge in [-0.3, -0.25) is 0 Å². The van der Waals surface area contributed by atoms with E-state index in [1.165, 1.54) is 50.9 Å². The molecule has 0 radical (unpaired) electrons. The maximum Gasteiger partial charge on any atom is 0.0348 e. The minimum absolute atomic E-state index is 0.598. The Morgan fingerprint density at radius 2 is 1.79 bits per heavy atom. The van der Waals surface area contributed by atoms with Crippen molar-refractivity contribution < 1.29 is 0 Å². The van der Waals surface area contributed by atoms with Crippen LogP contribution in [0.15, 0.2) is 30.3 Å². The van der Waals surface area contributed by atoms with Crippen molar-refractivity contribution >= 4 is 0 Å². The highest BCUT2D eigenvalue weighted by Crippen LogP contribution is 2.41. The lowest BCUT2D eigenvalue weighted by Crippen LogP contribution is -2.36. The Hall–Kier alpha value is -0.860. The molecular weight excluding hydrogens is 232 g/mol. The summed E-state index contributed by atoms with van der Waals surface area (Å²) in [5.41, 5.74) is 1.48. The fourth-order valence-corrected chi connectivity index (χ4v) is 3.21. The second-order valence-electron chi connectivity index (χ2n) is 6.38. The van der Waals surface area contributed by atoms with Crippen LogP contribution >= 0.6 is 0 Å². The van der Waals surface area contributed by atoms with E-state index >= 15 is 0 Å². The molecule has 1 heterocycles. The van der Waals surface area contributed by atoms with Crippen LogP contribution in [0.2, 0.25) is 0 Å². The van der Waals surface area contributed by atoms with E-state index in [4.69, 9.17) is 0 Å². The molecule has 1 saturated carbocycles. The van der Waals surface area contributed by atoms with E-state index in [0.29, 0.717) is 6.04 Å². The Balaban J connectivity index is 1.54. The molecular formula is C17H26N2. The van der Waals surface area contributed by atoms with E-state index in [1.54, 1.807) is 0 Å². The lowest BCUT2D eigenvalue weighted by atomic mass is 9.95. The number of likely N-dealkylation sites (tertiary alicyclic amines) is 1. The van der Waals surface area contributed by atoms with Gasteiger partial charge >= 0.3 is 0 Å². The van der Waals surface area contributed by atoms with E-state index < -0.39 is 0 Å². The monoisotopic (exact) mass is 258 g/mol. The highest BCUT2D eigenvalue weighted by Gasteiger charge is 2.32. The molecule has 1 aromatic carbocycles. The van der Waals surface area contributed by atoms with Crippen LogP contribution in [0.4, 0.5) is 0 Å². The molecule has 0 bridgehead atoms. The highest BCUT2D eigenvalue weighted by molar-refractivity contribution is 5.21. The van der Waals surface area contributed by atoms with Crippen molar-refractivity contribution in [3.63, 3.8) is 0 Å². The Kier molecular flexibility index (Phi) is 4.19. The van der Waals surface area contributed by atoms with Crippen LogP contribution in [0, 0.1) is 11.8 Å². The normalized spacial score (nSPS) is 23.4. The van der Waals surface area contributed by atoms with Gasteiger partial charge in [-0.05, 0) is 69.8 Å². The van der Waals surface area contributed by atoms with Crippen LogP contribution in [-0.2, 0) is 0 Å². The molecule has 1 atom stereocenters. The summed E-state index contributed by atoms with van der Waals surface area (Å²) in [6.07, 6.45) is 5.52. The molecule has 2 fully saturated rings. The highest BCUT2D eigenvalue weighted by atomic mass is 15.1. The van der Waals surface area contributed by atoms with Gasteiger partial charge in [-0.2, -0.15) is 0 Å². The van der Waals surface area contributed by atoms with Crippen LogP contribution in [0.25, 0.3) is 0 Å². The molecule has 1 aromatic rings. The van der Waals surface area contributed by atoms with Crippen LogP contribution < -0.4 is 5.32 Å². The molecule has 0 spiro atoms. The maximum absolute atomic E-state index is 3.86. The number of nitrogens with one attached hydrogen (secondary N) is 1. The number of hydrogen-bond donors (Lipinski definition) is 1. The van der Waals surface area contributed by atoms with Crippen LogP contribution in [0.1, 0.15) is 37.3 Å².